The van der Waals surface area contributed by atoms with Crippen LogP contribution in [0.25, 0.3) is 22.4 Å². The number of carboxylic acids is 2. The zero-order chi connectivity index (χ0) is 19.6. The van der Waals surface area contributed by atoms with Crippen LogP contribution in [0.4, 0.5) is 0 Å². The van der Waals surface area contributed by atoms with Crippen molar-refractivity contribution in [1.82, 2.24) is 9.78 Å². The van der Waals surface area contributed by atoms with Crippen molar-refractivity contribution in [3.63, 3.8) is 0 Å². The van der Waals surface area contributed by atoms with Crippen molar-refractivity contribution in [3.8, 4) is 22.4 Å². The van der Waals surface area contributed by atoms with E-state index < -0.39 is 29.1 Å². The molecule has 1 atom stereocenters. The molecule has 1 heterocycles. The molecule has 136 valence electrons. The summed E-state index contributed by atoms with van der Waals surface area (Å²) in [6.45, 7) is 1.19. The average molecular weight is 362 g/mol. The molecule has 0 bridgehead atoms. The molecule has 3 aromatic rings. The SMILES string of the molecule is C[C@H](C(=O)[O-])n1nc(-c2ccccc2)c(-c2ccccc2)c(C(=O)[O-])c1=O. The van der Waals surface area contributed by atoms with Gasteiger partial charge in [0.2, 0.25) is 0 Å². The summed E-state index contributed by atoms with van der Waals surface area (Å²) in [7, 11) is 0. The molecule has 2 aromatic carbocycles. The molecule has 0 radical (unpaired) electrons. The lowest BCUT2D eigenvalue weighted by atomic mass is 9.95. The van der Waals surface area contributed by atoms with Gasteiger partial charge in [0.25, 0.3) is 5.56 Å². The maximum atomic E-state index is 12.7. The lowest BCUT2D eigenvalue weighted by Crippen LogP contribution is -2.42. The number of carboxylic acid groups (broad SMARTS) is 2. The van der Waals surface area contributed by atoms with Crippen LogP contribution in [0.1, 0.15) is 23.3 Å². The number of hydrogen-bond donors (Lipinski definition) is 0. The van der Waals surface area contributed by atoms with E-state index in [2.05, 4.69) is 5.10 Å². The predicted octanol–water partition coefficient (Wildman–Crippen LogP) is 0.252. The van der Waals surface area contributed by atoms with Crippen LogP contribution in [0.5, 0.6) is 0 Å². The fourth-order valence-corrected chi connectivity index (χ4v) is 2.78. The van der Waals surface area contributed by atoms with Gasteiger partial charge in [0.05, 0.1) is 29.2 Å². The monoisotopic (exact) mass is 362 g/mol. The van der Waals surface area contributed by atoms with Crippen molar-refractivity contribution in [2.75, 3.05) is 0 Å². The summed E-state index contributed by atoms with van der Waals surface area (Å²) in [5, 5.41) is 27.3. The van der Waals surface area contributed by atoms with Gasteiger partial charge in [-0.05, 0) is 12.5 Å². The third-order valence-corrected chi connectivity index (χ3v) is 4.14. The van der Waals surface area contributed by atoms with Gasteiger partial charge in [-0.3, -0.25) is 4.79 Å². The molecule has 0 N–H and O–H groups in total. The summed E-state index contributed by atoms with van der Waals surface area (Å²) >= 11 is 0. The summed E-state index contributed by atoms with van der Waals surface area (Å²) in [6.07, 6.45) is 0. The topological polar surface area (TPSA) is 115 Å². The Hall–Kier alpha value is -3.74. The van der Waals surface area contributed by atoms with Gasteiger partial charge in [0.15, 0.2) is 0 Å². The lowest BCUT2D eigenvalue weighted by molar-refractivity contribution is -0.310. The molecule has 0 unspecified atom stereocenters. The molecule has 0 aliphatic rings. The lowest BCUT2D eigenvalue weighted by Gasteiger charge is -2.21. The van der Waals surface area contributed by atoms with Gasteiger partial charge in [-0.25, -0.2) is 4.68 Å². The highest BCUT2D eigenvalue weighted by atomic mass is 16.4. The molecule has 0 amide bonds. The van der Waals surface area contributed by atoms with E-state index in [4.69, 9.17) is 0 Å². The highest BCUT2D eigenvalue weighted by molar-refractivity contribution is 5.99. The maximum Gasteiger partial charge on any atom is 0.277 e. The van der Waals surface area contributed by atoms with Crippen molar-refractivity contribution in [2.45, 2.75) is 13.0 Å². The smallest absolute Gasteiger partial charge is 0.277 e. The highest BCUT2D eigenvalue weighted by Crippen LogP contribution is 2.32. The number of carbonyl (C=O) groups is 2. The van der Waals surface area contributed by atoms with E-state index in [-0.39, 0.29) is 11.3 Å². The van der Waals surface area contributed by atoms with Crippen LogP contribution in [-0.4, -0.2) is 21.7 Å². The van der Waals surface area contributed by atoms with Crippen molar-refractivity contribution in [2.24, 2.45) is 0 Å². The van der Waals surface area contributed by atoms with Gasteiger partial charge in [0, 0.05) is 11.1 Å². The summed E-state index contributed by atoms with van der Waals surface area (Å²) in [5.74, 6) is -3.27. The standard InChI is InChI=1S/C20H16N2O5/c1-12(19(24)25)22-18(23)16(20(26)27)15(13-8-4-2-5-9-13)17(21-22)14-10-6-3-7-11-14/h2-12H,1H3,(H,24,25)(H,26,27)/p-2/t12-/m1/s1. The van der Waals surface area contributed by atoms with Gasteiger partial charge < -0.3 is 19.8 Å². The van der Waals surface area contributed by atoms with Crippen LogP contribution in [0.2, 0.25) is 0 Å². The number of rotatable bonds is 5. The molecule has 7 heteroatoms. The van der Waals surface area contributed by atoms with Gasteiger partial charge in [0.1, 0.15) is 0 Å². The number of aromatic nitrogens is 2. The Labute approximate surface area is 154 Å². The molecule has 0 aliphatic heterocycles. The van der Waals surface area contributed by atoms with Gasteiger partial charge in [-0.1, -0.05) is 60.7 Å². The molecule has 0 saturated heterocycles. The number of nitrogens with zero attached hydrogens (tertiary/aromatic N) is 2. The molecule has 0 aliphatic carbocycles. The van der Waals surface area contributed by atoms with Crippen LogP contribution in [0, 0.1) is 0 Å². The zero-order valence-corrected chi connectivity index (χ0v) is 14.3. The summed E-state index contributed by atoms with van der Waals surface area (Å²) in [5.41, 5.74) is -0.498. The van der Waals surface area contributed by atoms with Crippen molar-refractivity contribution >= 4 is 11.9 Å². The Bertz CT molecular complexity index is 1060. The van der Waals surface area contributed by atoms with Crippen molar-refractivity contribution < 1.29 is 19.8 Å². The molecule has 7 nitrogen and oxygen atoms in total. The zero-order valence-electron chi connectivity index (χ0n) is 14.3. The summed E-state index contributed by atoms with van der Waals surface area (Å²) < 4.78 is 0.606. The van der Waals surface area contributed by atoms with Gasteiger partial charge in [-0.15, -0.1) is 0 Å². The number of aromatic carboxylic acids is 1. The first-order valence-electron chi connectivity index (χ1n) is 8.11. The second kappa shape index (κ2) is 7.25. The number of carbonyl (C=O) groups excluding carboxylic acids is 2. The molecule has 0 saturated carbocycles. The van der Waals surface area contributed by atoms with E-state index in [0.717, 1.165) is 0 Å². The van der Waals surface area contributed by atoms with Crippen LogP contribution < -0.4 is 15.8 Å². The van der Waals surface area contributed by atoms with Crippen molar-refractivity contribution in [3.05, 3.63) is 76.6 Å². The first-order chi connectivity index (χ1) is 12.9. The number of aliphatic carboxylic acids is 1. The van der Waals surface area contributed by atoms with Gasteiger partial charge in [-0.2, -0.15) is 5.10 Å². The Balaban J connectivity index is 2.47. The Kier molecular flexibility index (Phi) is 4.85. The van der Waals surface area contributed by atoms with E-state index in [9.17, 15) is 24.6 Å². The second-order valence-electron chi connectivity index (χ2n) is 5.86. The molecular formula is C20H14N2O5-2. The molecule has 0 fully saturated rings. The van der Waals surface area contributed by atoms with Crippen molar-refractivity contribution in [1.29, 1.82) is 0 Å². The molecule has 1 aromatic heterocycles. The number of hydrogen-bond acceptors (Lipinski definition) is 6. The molecule has 27 heavy (non-hydrogen) atoms. The van der Waals surface area contributed by atoms with E-state index in [1.54, 1.807) is 60.7 Å². The minimum Gasteiger partial charge on any atom is -0.548 e. The summed E-state index contributed by atoms with van der Waals surface area (Å²) in [6, 6.07) is 15.6. The molecule has 0 spiro atoms. The molecular weight excluding hydrogens is 348 g/mol. The highest BCUT2D eigenvalue weighted by Gasteiger charge is 2.23. The minimum absolute atomic E-state index is 0.0774. The Morgan fingerprint density at radius 3 is 1.93 bits per heavy atom. The number of benzene rings is 2. The largest absolute Gasteiger partial charge is 0.548 e. The van der Waals surface area contributed by atoms with E-state index >= 15 is 0 Å². The van der Waals surface area contributed by atoms with Crippen LogP contribution in [0.3, 0.4) is 0 Å². The van der Waals surface area contributed by atoms with Gasteiger partial charge >= 0.3 is 0 Å². The fourth-order valence-electron chi connectivity index (χ4n) is 2.78. The van der Waals surface area contributed by atoms with E-state index in [1.165, 1.54) is 6.92 Å². The first kappa shape index (κ1) is 18.1. The van der Waals surface area contributed by atoms with E-state index in [0.29, 0.717) is 15.8 Å². The average Bonchev–Trinajstić information content (AvgIpc) is 2.68. The second-order valence-corrected chi connectivity index (χ2v) is 5.86. The van der Waals surface area contributed by atoms with Crippen LogP contribution in [-0.2, 0) is 4.79 Å². The van der Waals surface area contributed by atoms with Crippen LogP contribution in [0.15, 0.2) is 65.5 Å². The minimum atomic E-state index is -1.71. The normalized spacial score (nSPS) is 11.7. The fraction of sp³-hybridized carbons (Fsp3) is 0.100. The molecule has 3 rings (SSSR count). The predicted molar refractivity (Wildman–Crippen MR) is 93.4 cm³/mol. The quantitative estimate of drug-likeness (QED) is 0.643. The third-order valence-electron chi connectivity index (χ3n) is 4.14. The van der Waals surface area contributed by atoms with Crippen LogP contribution >= 0.6 is 0 Å². The van der Waals surface area contributed by atoms with E-state index in [1.807, 2.05) is 0 Å². The Morgan fingerprint density at radius 2 is 1.44 bits per heavy atom. The third kappa shape index (κ3) is 3.35. The summed E-state index contributed by atoms with van der Waals surface area (Å²) in [4.78, 5) is 35.8. The Morgan fingerprint density at radius 1 is 0.926 bits per heavy atom. The maximum absolute atomic E-state index is 12.7. The first-order valence-corrected chi connectivity index (χ1v) is 8.11.